The first-order chi connectivity index (χ1) is 9.41. The van der Waals surface area contributed by atoms with Gasteiger partial charge < -0.3 is 20.2 Å². The van der Waals surface area contributed by atoms with Gasteiger partial charge in [-0.05, 0) is 31.2 Å². The van der Waals surface area contributed by atoms with Crippen molar-refractivity contribution >= 4 is 11.6 Å². The van der Waals surface area contributed by atoms with Crippen LogP contribution in [0.1, 0.15) is 16.8 Å². The number of nitrogens with zero attached hydrogens (tertiary/aromatic N) is 2. The van der Waals surface area contributed by atoms with Crippen molar-refractivity contribution < 1.29 is 9.90 Å². The third kappa shape index (κ3) is 3.29. The van der Waals surface area contributed by atoms with E-state index in [0.717, 1.165) is 12.2 Å². The Hall–Kier alpha value is -1.59. The van der Waals surface area contributed by atoms with Crippen LogP contribution in [0.4, 0.5) is 5.69 Å². The van der Waals surface area contributed by atoms with Crippen molar-refractivity contribution in [1.82, 2.24) is 10.2 Å². The highest BCUT2D eigenvalue weighted by Gasteiger charge is 2.33. The Morgan fingerprint density at radius 3 is 2.75 bits per heavy atom. The zero-order chi connectivity index (χ0) is 14.8. The second-order valence-electron chi connectivity index (χ2n) is 5.76. The van der Waals surface area contributed by atoms with Crippen molar-refractivity contribution in [3.05, 3.63) is 29.8 Å². The van der Waals surface area contributed by atoms with Gasteiger partial charge >= 0.3 is 0 Å². The number of rotatable bonds is 4. The molecule has 0 bridgehead atoms. The van der Waals surface area contributed by atoms with Crippen LogP contribution in [0.15, 0.2) is 24.3 Å². The molecule has 1 aliphatic heterocycles. The van der Waals surface area contributed by atoms with E-state index in [-0.39, 0.29) is 5.91 Å². The zero-order valence-electron chi connectivity index (χ0n) is 12.4. The third-order valence-electron chi connectivity index (χ3n) is 3.71. The number of hydrogen-bond donors (Lipinski definition) is 2. The Labute approximate surface area is 120 Å². The van der Waals surface area contributed by atoms with E-state index in [4.69, 9.17) is 0 Å². The number of amides is 1. The number of anilines is 1. The lowest BCUT2D eigenvalue weighted by molar-refractivity contribution is 0.0252. The Balaban J connectivity index is 2.08. The van der Waals surface area contributed by atoms with Gasteiger partial charge in [0.05, 0.1) is 12.1 Å². The number of nitrogens with one attached hydrogen (secondary N) is 1. The molecule has 1 heterocycles. The van der Waals surface area contributed by atoms with Gasteiger partial charge in [0.2, 0.25) is 0 Å². The maximum Gasteiger partial charge on any atom is 0.253 e. The normalized spacial score (nSPS) is 21.8. The largest absolute Gasteiger partial charge is 0.387 e. The summed E-state index contributed by atoms with van der Waals surface area (Å²) in [5.41, 5.74) is 0.836. The van der Waals surface area contributed by atoms with Gasteiger partial charge in [-0.15, -0.1) is 0 Å². The van der Waals surface area contributed by atoms with Crippen molar-refractivity contribution in [3.8, 4) is 0 Å². The van der Waals surface area contributed by atoms with E-state index < -0.39 is 5.60 Å². The van der Waals surface area contributed by atoms with E-state index in [2.05, 4.69) is 5.32 Å². The van der Waals surface area contributed by atoms with Gasteiger partial charge in [0.1, 0.15) is 0 Å². The van der Waals surface area contributed by atoms with Crippen LogP contribution in [0.2, 0.25) is 0 Å². The first-order valence-electron chi connectivity index (χ1n) is 6.87. The molecule has 0 saturated carbocycles. The lowest BCUT2D eigenvalue weighted by atomic mass is 10.0. The smallest absolute Gasteiger partial charge is 0.253 e. The minimum Gasteiger partial charge on any atom is -0.387 e. The molecular formula is C15H23N3O2. The fourth-order valence-corrected chi connectivity index (χ4v) is 2.52. The van der Waals surface area contributed by atoms with Crippen LogP contribution in [0, 0.1) is 0 Å². The molecule has 5 nitrogen and oxygen atoms in total. The molecular weight excluding hydrogens is 254 g/mol. The zero-order valence-corrected chi connectivity index (χ0v) is 12.4. The van der Waals surface area contributed by atoms with Crippen LogP contribution in [0.5, 0.6) is 0 Å². The average Bonchev–Trinajstić information content (AvgIpc) is 2.84. The van der Waals surface area contributed by atoms with Crippen molar-refractivity contribution in [2.75, 3.05) is 45.7 Å². The van der Waals surface area contributed by atoms with Crippen molar-refractivity contribution in [2.24, 2.45) is 0 Å². The number of aliphatic hydroxyl groups is 1. The summed E-state index contributed by atoms with van der Waals surface area (Å²) in [6, 6.07) is 7.52. The summed E-state index contributed by atoms with van der Waals surface area (Å²) >= 11 is 0. The van der Waals surface area contributed by atoms with E-state index in [1.807, 2.05) is 43.3 Å². The van der Waals surface area contributed by atoms with Crippen LogP contribution in [0.3, 0.4) is 0 Å². The highest BCUT2D eigenvalue weighted by atomic mass is 16.3. The Bertz CT molecular complexity index is 482. The van der Waals surface area contributed by atoms with Crippen molar-refractivity contribution in [2.45, 2.75) is 12.0 Å². The van der Waals surface area contributed by atoms with Gasteiger partial charge in [-0.25, -0.2) is 0 Å². The second-order valence-corrected chi connectivity index (χ2v) is 5.76. The highest BCUT2D eigenvalue weighted by molar-refractivity contribution is 5.95. The van der Waals surface area contributed by atoms with Crippen LogP contribution < -0.4 is 10.2 Å². The van der Waals surface area contributed by atoms with E-state index in [1.54, 1.807) is 11.9 Å². The molecule has 1 aromatic carbocycles. The van der Waals surface area contributed by atoms with Gasteiger partial charge in [0, 0.05) is 38.9 Å². The standard InChI is InChI=1S/C15H23N3O2/c1-17(2)13-6-4-5-12(9-13)14(19)18(3)11-15(20)7-8-16-10-15/h4-6,9,16,20H,7-8,10-11H2,1-3H3. The second kappa shape index (κ2) is 5.81. The molecule has 0 aromatic heterocycles. The summed E-state index contributed by atoms with van der Waals surface area (Å²) in [7, 11) is 5.63. The summed E-state index contributed by atoms with van der Waals surface area (Å²) < 4.78 is 0. The number of carbonyl (C=O) groups excluding carboxylic acids is 1. The first-order valence-corrected chi connectivity index (χ1v) is 6.87. The molecule has 1 amide bonds. The van der Waals surface area contributed by atoms with Crippen LogP contribution in [0.25, 0.3) is 0 Å². The van der Waals surface area contributed by atoms with Gasteiger partial charge in [-0.1, -0.05) is 6.07 Å². The van der Waals surface area contributed by atoms with E-state index in [9.17, 15) is 9.90 Å². The van der Waals surface area contributed by atoms with E-state index in [1.165, 1.54) is 0 Å². The van der Waals surface area contributed by atoms with Crippen LogP contribution in [-0.2, 0) is 0 Å². The predicted molar refractivity (Wildman–Crippen MR) is 80.2 cm³/mol. The average molecular weight is 277 g/mol. The van der Waals surface area contributed by atoms with Crippen LogP contribution >= 0.6 is 0 Å². The molecule has 1 atom stereocenters. The number of β-amino-alcohol motifs (C(OH)–C–C–N with tert-alkyl or cyclic N) is 1. The maximum atomic E-state index is 12.4. The SMILES string of the molecule is CN(CC1(O)CCNC1)C(=O)c1cccc(N(C)C)c1. The number of likely N-dealkylation sites (N-methyl/N-ethyl adjacent to an activating group) is 1. The van der Waals surface area contributed by atoms with Gasteiger partial charge in [0.25, 0.3) is 5.91 Å². The lowest BCUT2D eigenvalue weighted by Gasteiger charge is -2.28. The monoisotopic (exact) mass is 277 g/mol. The number of benzene rings is 1. The Morgan fingerprint density at radius 2 is 2.15 bits per heavy atom. The molecule has 2 N–H and O–H groups in total. The summed E-state index contributed by atoms with van der Waals surface area (Å²) in [5.74, 6) is -0.0611. The Kier molecular flexibility index (Phi) is 4.30. The Morgan fingerprint density at radius 1 is 1.40 bits per heavy atom. The van der Waals surface area contributed by atoms with Gasteiger partial charge in [0.15, 0.2) is 0 Å². The quantitative estimate of drug-likeness (QED) is 0.844. The van der Waals surface area contributed by atoms with Gasteiger partial charge in [-0.2, -0.15) is 0 Å². The topological polar surface area (TPSA) is 55.8 Å². The maximum absolute atomic E-state index is 12.4. The summed E-state index contributed by atoms with van der Waals surface area (Å²) in [5, 5.41) is 13.5. The summed E-state index contributed by atoms with van der Waals surface area (Å²) in [6.45, 7) is 1.70. The molecule has 0 radical (unpaired) electrons. The fourth-order valence-electron chi connectivity index (χ4n) is 2.52. The molecule has 0 aliphatic carbocycles. The van der Waals surface area contributed by atoms with Crippen molar-refractivity contribution in [1.29, 1.82) is 0 Å². The van der Waals surface area contributed by atoms with Crippen molar-refractivity contribution in [3.63, 3.8) is 0 Å². The molecule has 20 heavy (non-hydrogen) atoms. The minimum atomic E-state index is -0.802. The van der Waals surface area contributed by atoms with Gasteiger partial charge in [-0.3, -0.25) is 4.79 Å². The highest BCUT2D eigenvalue weighted by Crippen LogP contribution is 2.18. The first kappa shape index (κ1) is 14.8. The third-order valence-corrected chi connectivity index (χ3v) is 3.71. The molecule has 1 fully saturated rings. The summed E-state index contributed by atoms with van der Waals surface area (Å²) in [4.78, 5) is 16.0. The minimum absolute atomic E-state index is 0.0611. The molecule has 1 saturated heterocycles. The van der Waals surface area contributed by atoms with Crippen LogP contribution in [-0.4, -0.2) is 62.3 Å². The summed E-state index contributed by atoms with van der Waals surface area (Å²) in [6.07, 6.45) is 0.683. The molecule has 5 heteroatoms. The number of carbonyl (C=O) groups is 1. The predicted octanol–water partition coefficient (Wildman–Crippen LogP) is 0.549. The molecule has 2 rings (SSSR count). The number of hydrogen-bond acceptors (Lipinski definition) is 4. The molecule has 1 aromatic rings. The molecule has 0 spiro atoms. The molecule has 110 valence electrons. The van der Waals surface area contributed by atoms with E-state index in [0.29, 0.717) is 25.1 Å². The lowest BCUT2D eigenvalue weighted by Crippen LogP contribution is -2.45. The molecule has 1 unspecified atom stereocenters. The molecule has 1 aliphatic rings. The fraction of sp³-hybridized carbons (Fsp3) is 0.533. The van der Waals surface area contributed by atoms with E-state index >= 15 is 0 Å².